The normalized spacial score (nSPS) is 35.1. The summed E-state index contributed by atoms with van der Waals surface area (Å²) in [6.45, 7) is 0. The summed E-state index contributed by atoms with van der Waals surface area (Å²) in [6.07, 6.45) is 4.77. The lowest BCUT2D eigenvalue weighted by Crippen LogP contribution is -2.33. The van der Waals surface area contributed by atoms with Gasteiger partial charge in [0.05, 0.1) is 0 Å². The Hall–Kier alpha value is -0.830. The van der Waals surface area contributed by atoms with Gasteiger partial charge in [-0.05, 0) is 19.3 Å². The molecule has 0 radical (unpaired) electrons. The van der Waals surface area contributed by atoms with Gasteiger partial charge in [0.15, 0.2) is 0 Å². The van der Waals surface area contributed by atoms with Crippen molar-refractivity contribution in [2.75, 3.05) is 0 Å². The van der Waals surface area contributed by atoms with E-state index in [1.54, 1.807) is 0 Å². The maximum atomic E-state index is 10.6. The minimum Gasteiger partial charge on any atom is -0.478 e. The first-order valence-corrected chi connectivity index (χ1v) is 3.96. The Bertz CT molecular complexity index is 222. The van der Waals surface area contributed by atoms with Crippen LogP contribution in [0.2, 0.25) is 0 Å². The van der Waals surface area contributed by atoms with Crippen molar-refractivity contribution in [3.8, 4) is 0 Å². The monoisotopic (exact) mass is 153 g/mol. The van der Waals surface area contributed by atoms with Crippen molar-refractivity contribution in [2.24, 2.45) is 0 Å². The summed E-state index contributed by atoms with van der Waals surface area (Å²) >= 11 is 0. The Labute approximate surface area is 65.1 Å². The molecule has 0 aromatic rings. The molecule has 60 valence electrons. The van der Waals surface area contributed by atoms with Crippen molar-refractivity contribution < 1.29 is 9.90 Å². The minimum absolute atomic E-state index is 0.333. The molecule has 2 aliphatic rings. The van der Waals surface area contributed by atoms with Gasteiger partial charge < -0.3 is 10.4 Å². The van der Waals surface area contributed by atoms with Crippen molar-refractivity contribution in [1.82, 2.24) is 5.32 Å². The minimum atomic E-state index is -0.747. The van der Waals surface area contributed by atoms with Gasteiger partial charge in [-0.2, -0.15) is 0 Å². The van der Waals surface area contributed by atoms with E-state index in [2.05, 4.69) is 5.32 Å². The first kappa shape index (κ1) is 6.85. The standard InChI is InChI=1S/C8H11NO2/c10-8(11)5-3-6-1-2-7(4-5)9-6/h3,6-7,9H,1-2,4H2,(H,10,11)/t6-,7+/m1/s1. The maximum absolute atomic E-state index is 10.6. The van der Waals surface area contributed by atoms with Gasteiger partial charge in [0.1, 0.15) is 0 Å². The third-order valence-corrected chi connectivity index (χ3v) is 2.42. The van der Waals surface area contributed by atoms with Crippen LogP contribution in [0.5, 0.6) is 0 Å². The smallest absolute Gasteiger partial charge is 0.331 e. The Morgan fingerprint density at radius 3 is 3.09 bits per heavy atom. The maximum Gasteiger partial charge on any atom is 0.331 e. The number of aliphatic carboxylic acids is 1. The molecule has 2 heterocycles. The van der Waals surface area contributed by atoms with Gasteiger partial charge in [-0.3, -0.25) is 0 Å². The van der Waals surface area contributed by atoms with Crippen molar-refractivity contribution in [1.29, 1.82) is 0 Å². The third kappa shape index (κ3) is 1.16. The van der Waals surface area contributed by atoms with Crippen molar-refractivity contribution in [3.05, 3.63) is 11.6 Å². The molecule has 0 aromatic carbocycles. The Balaban J connectivity index is 2.19. The first-order valence-electron chi connectivity index (χ1n) is 3.96. The van der Waals surface area contributed by atoms with Crippen LogP contribution in [0.4, 0.5) is 0 Å². The second-order valence-corrected chi connectivity index (χ2v) is 3.25. The number of nitrogens with one attached hydrogen (secondary N) is 1. The fraction of sp³-hybridized carbons (Fsp3) is 0.625. The molecule has 2 atom stereocenters. The number of hydrogen-bond acceptors (Lipinski definition) is 2. The summed E-state index contributed by atoms with van der Waals surface area (Å²) in [5.41, 5.74) is 0.594. The van der Waals surface area contributed by atoms with E-state index in [0.29, 0.717) is 24.1 Å². The lowest BCUT2D eigenvalue weighted by Gasteiger charge is -2.18. The van der Waals surface area contributed by atoms with Gasteiger partial charge in [0.2, 0.25) is 0 Å². The zero-order chi connectivity index (χ0) is 7.84. The van der Waals surface area contributed by atoms with Crippen LogP contribution in [0, 0.1) is 0 Å². The average Bonchev–Trinajstić information content (AvgIpc) is 2.30. The Morgan fingerprint density at radius 2 is 2.45 bits per heavy atom. The van der Waals surface area contributed by atoms with Gasteiger partial charge in [0.25, 0.3) is 0 Å². The number of hydrogen-bond donors (Lipinski definition) is 2. The van der Waals surface area contributed by atoms with Gasteiger partial charge in [0, 0.05) is 17.7 Å². The Morgan fingerprint density at radius 1 is 1.64 bits per heavy atom. The topological polar surface area (TPSA) is 49.3 Å². The van der Waals surface area contributed by atoms with E-state index in [1.165, 1.54) is 0 Å². The van der Waals surface area contributed by atoms with E-state index < -0.39 is 5.97 Å². The molecule has 2 aliphatic heterocycles. The van der Waals surface area contributed by atoms with E-state index in [9.17, 15) is 4.79 Å². The predicted octanol–water partition coefficient (Wildman–Crippen LogP) is 0.522. The molecule has 11 heavy (non-hydrogen) atoms. The van der Waals surface area contributed by atoms with E-state index >= 15 is 0 Å². The molecule has 1 saturated heterocycles. The van der Waals surface area contributed by atoms with Gasteiger partial charge in [-0.1, -0.05) is 6.08 Å². The molecular weight excluding hydrogens is 142 g/mol. The zero-order valence-corrected chi connectivity index (χ0v) is 6.21. The van der Waals surface area contributed by atoms with Crippen molar-refractivity contribution in [2.45, 2.75) is 31.3 Å². The number of rotatable bonds is 1. The fourth-order valence-electron chi connectivity index (χ4n) is 1.88. The van der Waals surface area contributed by atoms with Crippen LogP contribution >= 0.6 is 0 Å². The average molecular weight is 153 g/mol. The van der Waals surface area contributed by atoms with Crippen LogP contribution in [0.1, 0.15) is 19.3 Å². The van der Waals surface area contributed by atoms with Crippen LogP contribution in [0.25, 0.3) is 0 Å². The summed E-state index contributed by atoms with van der Waals surface area (Å²) in [7, 11) is 0. The SMILES string of the molecule is O=C(O)C1=C[C@H]2CC[C@@H](C1)N2. The highest BCUT2D eigenvalue weighted by Crippen LogP contribution is 2.25. The van der Waals surface area contributed by atoms with Crippen molar-refractivity contribution in [3.63, 3.8) is 0 Å². The lowest BCUT2D eigenvalue weighted by atomic mass is 10.0. The second kappa shape index (κ2) is 2.34. The number of carboxylic acids is 1. The van der Waals surface area contributed by atoms with E-state index in [0.717, 1.165) is 12.8 Å². The second-order valence-electron chi connectivity index (χ2n) is 3.25. The molecule has 2 bridgehead atoms. The number of carboxylic acid groups (broad SMARTS) is 1. The largest absolute Gasteiger partial charge is 0.478 e. The summed E-state index contributed by atoms with van der Waals surface area (Å²) in [5, 5.41) is 12.0. The van der Waals surface area contributed by atoms with Crippen LogP contribution in [0.15, 0.2) is 11.6 Å². The molecule has 0 amide bonds. The van der Waals surface area contributed by atoms with Gasteiger partial charge in [-0.15, -0.1) is 0 Å². The third-order valence-electron chi connectivity index (χ3n) is 2.42. The van der Waals surface area contributed by atoms with Gasteiger partial charge in [-0.25, -0.2) is 4.79 Å². The van der Waals surface area contributed by atoms with Crippen LogP contribution in [-0.2, 0) is 4.79 Å². The van der Waals surface area contributed by atoms with Gasteiger partial charge >= 0.3 is 5.97 Å². The highest BCUT2D eigenvalue weighted by molar-refractivity contribution is 5.87. The molecule has 0 aromatic heterocycles. The van der Waals surface area contributed by atoms with Crippen molar-refractivity contribution >= 4 is 5.97 Å². The first-order chi connectivity index (χ1) is 5.25. The molecule has 2 rings (SSSR count). The molecule has 0 unspecified atom stereocenters. The summed E-state index contributed by atoms with van der Waals surface area (Å²) in [5.74, 6) is -0.747. The number of fused-ring (bicyclic) bond motifs is 2. The molecule has 0 saturated carbocycles. The lowest BCUT2D eigenvalue weighted by molar-refractivity contribution is -0.132. The molecule has 2 N–H and O–H groups in total. The zero-order valence-electron chi connectivity index (χ0n) is 6.21. The number of carbonyl (C=O) groups is 1. The quantitative estimate of drug-likeness (QED) is 0.577. The molecule has 1 fully saturated rings. The molecule has 3 heteroatoms. The predicted molar refractivity (Wildman–Crippen MR) is 40.3 cm³/mol. The van der Waals surface area contributed by atoms with Crippen LogP contribution in [0.3, 0.4) is 0 Å². The summed E-state index contributed by atoms with van der Waals surface area (Å²) < 4.78 is 0. The van der Waals surface area contributed by atoms with E-state index in [-0.39, 0.29) is 0 Å². The van der Waals surface area contributed by atoms with E-state index in [1.807, 2.05) is 6.08 Å². The Kier molecular flexibility index (Phi) is 1.46. The molecule has 0 spiro atoms. The van der Waals surface area contributed by atoms with E-state index in [4.69, 9.17) is 5.11 Å². The van der Waals surface area contributed by atoms with Crippen LogP contribution < -0.4 is 5.32 Å². The van der Waals surface area contributed by atoms with Crippen LogP contribution in [-0.4, -0.2) is 23.2 Å². The molecule has 0 aliphatic carbocycles. The fourth-order valence-corrected chi connectivity index (χ4v) is 1.88. The molecule has 3 nitrogen and oxygen atoms in total. The summed E-state index contributed by atoms with van der Waals surface area (Å²) in [4.78, 5) is 10.6. The highest BCUT2D eigenvalue weighted by Gasteiger charge is 2.29. The summed E-state index contributed by atoms with van der Waals surface area (Å²) in [6, 6.07) is 0.760. The highest BCUT2D eigenvalue weighted by atomic mass is 16.4. The molecular formula is C8H11NO2.